The summed E-state index contributed by atoms with van der Waals surface area (Å²) in [6.45, 7) is 2.00. The van der Waals surface area contributed by atoms with Gasteiger partial charge in [-0.25, -0.2) is 4.98 Å². The van der Waals surface area contributed by atoms with Crippen LogP contribution in [0, 0.1) is 5.92 Å². The van der Waals surface area contributed by atoms with E-state index in [0.29, 0.717) is 53.6 Å². The molecule has 0 N–H and O–H groups in total. The molecule has 6 nitrogen and oxygen atoms in total. The maximum absolute atomic E-state index is 12.8. The molecular formula is C23H24ClN3O3. The van der Waals surface area contributed by atoms with Gasteiger partial charge in [0.05, 0.1) is 30.8 Å². The first-order chi connectivity index (χ1) is 14.5. The lowest BCUT2D eigenvalue weighted by atomic mass is 9.96. The second-order valence-corrected chi connectivity index (χ2v) is 8.08. The molecular weight excluding hydrogens is 402 g/mol. The standard InChI is InChI=1S/C23H24ClN3O3/c1-30-18-6-7-19-21(13-18)25-15-27(23(19)29)14-16-8-10-26(11-9-16)22(28)12-17-4-2-3-5-20(17)24/h2-7,13,15-16H,8-12,14H2,1H3. The third-order valence-corrected chi connectivity index (χ3v) is 6.12. The quantitative estimate of drug-likeness (QED) is 0.627. The molecule has 1 aliphatic heterocycles. The van der Waals surface area contributed by atoms with E-state index in [1.54, 1.807) is 36.2 Å². The van der Waals surface area contributed by atoms with Gasteiger partial charge >= 0.3 is 0 Å². The fraction of sp³-hybridized carbons (Fsp3) is 0.348. The number of fused-ring (bicyclic) bond motifs is 1. The van der Waals surface area contributed by atoms with Crippen LogP contribution < -0.4 is 10.3 Å². The smallest absolute Gasteiger partial charge is 0.261 e. The zero-order valence-corrected chi connectivity index (χ0v) is 17.6. The summed E-state index contributed by atoms with van der Waals surface area (Å²) in [6.07, 6.45) is 3.66. The van der Waals surface area contributed by atoms with E-state index in [2.05, 4.69) is 4.98 Å². The number of halogens is 1. The molecule has 0 bridgehead atoms. The van der Waals surface area contributed by atoms with Crippen molar-refractivity contribution in [1.82, 2.24) is 14.5 Å². The van der Waals surface area contributed by atoms with E-state index in [1.165, 1.54) is 0 Å². The van der Waals surface area contributed by atoms with Crippen LogP contribution in [-0.4, -0.2) is 40.6 Å². The lowest BCUT2D eigenvalue weighted by Gasteiger charge is -2.32. The van der Waals surface area contributed by atoms with Gasteiger partial charge in [0.25, 0.3) is 5.56 Å². The number of methoxy groups -OCH3 is 1. The summed E-state index contributed by atoms with van der Waals surface area (Å²) in [5.74, 6) is 1.12. The Balaban J connectivity index is 1.38. The van der Waals surface area contributed by atoms with Gasteiger partial charge in [-0.1, -0.05) is 29.8 Å². The Labute approximate surface area is 180 Å². The molecule has 1 aliphatic rings. The molecule has 1 saturated heterocycles. The van der Waals surface area contributed by atoms with Crippen molar-refractivity contribution >= 4 is 28.4 Å². The Morgan fingerprint density at radius 1 is 1.20 bits per heavy atom. The molecule has 0 radical (unpaired) electrons. The third-order valence-electron chi connectivity index (χ3n) is 5.75. The van der Waals surface area contributed by atoms with Gasteiger partial charge in [-0.2, -0.15) is 0 Å². The predicted molar refractivity (Wildman–Crippen MR) is 117 cm³/mol. The molecule has 1 amide bonds. The van der Waals surface area contributed by atoms with Crippen molar-refractivity contribution in [1.29, 1.82) is 0 Å². The first-order valence-electron chi connectivity index (χ1n) is 10.1. The normalized spacial score (nSPS) is 14.8. The van der Waals surface area contributed by atoms with E-state index in [0.717, 1.165) is 18.4 Å². The van der Waals surface area contributed by atoms with Gasteiger partial charge < -0.3 is 9.64 Å². The number of ether oxygens (including phenoxy) is 1. The summed E-state index contributed by atoms with van der Waals surface area (Å²) in [5.41, 5.74) is 1.45. The second kappa shape index (κ2) is 8.88. The van der Waals surface area contributed by atoms with Crippen molar-refractivity contribution in [3.63, 3.8) is 0 Å². The van der Waals surface area contributed by atoms with Crippen LogP contribution in [0.15, 0.2) is 53.6 Å². The highest BCUT2D eigenvalue weighted by atomic mass is 35.5. The zero-order valence-electron chi connectivity index (χ0n) is 16.9. The lowest BCUT2D eigenvalue weighted by molar-refractivity contribution is -0.131. The summed E-state index contributed by atoms with van der Waals surface area (Å²) >= 11 is 6.18. The Morgan fingerprint density at radius 2 is 1.97 bits per heavy atom. The number of carbonyl (C=O) groups is 1. The van der Waals surface area contributed by atoms with Gasteiger partial charge in [-0.3, -0.25) is 14.2 Å². The van der Waals surface area contributed by atoms with E-state index in [4.69, 9.17) is 16.3 Å². The topological polar surface area (TPSA) is 64.4 Å². The molecule has 0 spiro atoms. The van der Waals surface area contributed by atoms with E-state index >= 15 is 0 Å². The second-order valence-electron chi connectivity index (χ2n) is 7.68. The summed E-state index contributed by atoms with van der Waals surface area (Å²) in [5, 5.41) is 1.21. The Kier molecular flexibility index (Phi) is 6.04. The lowest BCUT2D eigenvalue weighted by Crippen LogP contribution is -2.40. The van der Waals surface area contributed by atoms with Crippen LogP contribution in [0.25, 0.3) is 10.9 Å². The van der Waals surface area contributed by atoms with Crippen LogP contribution in [-0.2, 0) is 17.8 Å². The molecule has 2 aromatic carbocycles. The third kappa shape index (κ3) is 4.33. The number of benzene rings is 2. The average Bonchev–Trinajstić information content (AvgIpc) is 2.77. The van der Waals surface area contributed by atoms with Gasteiger partial charge in [-0.05, 0) is 42.5 Å². The highest BCUT2D eigenvalue weighted by Gasteiger charge is 2.24. The van der Waals surface area contributed by atoms with Crippen molar-refractivity contribution in [2.24, 2.45) is 5.92 Å². The van der Waals surface area contributed by atoms with Gasteiger partial charge in [0.2, 0.25) is 5.91 Å². The number of nitrogens with zero attached hydrogens (tertiary/aromatic N) is 3. The highest BCUT2D eigenvalue weighted by molar-refractivity contribution is 6.31. The molecule has 4 rings (SSSR count). The van der Waals surface area contributed by atoms with Gasteiger partial charge in [0.15, 0.2) is 0 Å². The number of piperidine rings is 1. The average molecular weight is 426 g/mol. The molecule has 7 heteroatoms. The summed E-state index contributed by atoms with van der Waals surface area (Å²) in [6, 6.07) is 12.8. The number of rotatable bonds is 5. The van der Waals surface area contributed by atoms with Crippen molar-refractivity contribution in [3.8, 4) is 5.75 Å². The Bertz CT molecular complexity index is 1120. The minimum atomic E-state index is -0.0418. The highest BCUT2D eigenvalue weighted by Crippen LogP contribution is 2.22. The SMILES string of the molecule is COc1ccc2c(=O)n(CC3CCN(C(=O)Cc4ccccc4Cl)CC3)cnc2c1. The Hall–Kier alpha value is -2.86. The Morgan fingerprint density at radius 3 is 2.70 bits per heavy atom. The number of aromatic nitrogens is 2. The van der Waals surface area contributed by atoms with Crippen LogP contribution in [0.5, 0.6) is 5.75 Å². The molecule has 30 heavy (non-hydrogen) atoms. The molecule has 156 valence electrons. The van der Waals surface area contributed by atoms with Crippen molar-refractivity contribution in [3.05, 3.63) is 69.7 Å². The summed E-state index contributed by atoms with van der Waals surface area (Å²) in [7, 11) is 1.59. The van der Waals surface area contributed by atoms with Crippen LogP contribution in [0.1, 0.15) is 18.4 Å². The molecule has 0 saturated carbocycles. The summed E-state index contributed by atoms with van der Waals surface area (Å²) < 4.78 is 6.88. The maximum atomic E-state index is 12.8. The van der Waals surface area contributed by atoms with E-state index in [1.807, 2.05) is 29.2 Å². The molecule has 3 aromatic rings. The van der Waals surface area contributed by atoms with E-state index in [-0.39, 0.29) is 11.5 Å². The number of hydrogen-bond acceptors (Lipinski definition) is 4. The molecule has 2 heterocycles. The molecule has 0 unspecified atom stereocenters. The molecule has 0 atom stereocenters. The minimum absolute atomic E-state index is 0.0418. The van der Waals surface area contributed by atoms with E-state index in [9.17, 15) is 9.59 Å². The first-order valence-corrected chi connectivity index (χ1v) is 10.5. The fourth-order valence-corrected chi connectivity index (χ4v) is 4.16. The molecule has 1 fully saturated rings. The van der Waals surface area contributed by atoms with Gasteiger partial charge in [-0.15, -0.1) is 0 Å². The molecule has 0 aliphatic carbocycles. The van der Waals surface area contributed by atoms with Crippen molar-refractivity contribution in [2.75, 3.05) is 20.2 Å². The molecule has 1 aromatic heterocycles. The van der Waals surface area contributed by atoms with Crippen LogP contribution >= 0.6 is 11.6 Å². The van der Waals surface area contributed by atoms with Crippen molar-refractivity contribution < 1.29 is 9.53 Å². The van der Waals surface area contributed by atoms with Gasteiger partial charge in [0.1, 0.15) is 5.75 Å². The number of amides is 1. The van der Waals surface area contributed by atoms with Crippen molar-refractivity contribution in [2.45, 2.75) is 25.8 Å². The fourth-order valence-electron chi connectivity index (χ4n) is 3.95. The van der Waals surface area contributed by atoms with Gasteiger partial charge in [0, 0.05) is 30.7 Å². The monoisotopic (exact) mass is 425 g/mol. The van der Waals surface area contributed by atoms with Crippen LogP contribution in [0.3, 0.4) is 0 Å². The maximum Gasteiger partial charge on any atom is 0.261 e. The number of carbonyl (C=O) groups excluding carboxylic acids is 1. The van der Waals surface area contributed by atoms with Crippen LogP contribution in [0.2, 0.25) is 5.02 Å². The zero-order chi connectivity index (χ0) is 21.1. The largest absolute Gasteiger partial charge is 0.497 e. The van der Waals surface area contributed by atoms with E-state index < -0.39 is 0 Å². The predicted octanol–water partition coefficient (Wildman–Crippen LogP) is 3.54. The number of hydrogen-bond donors (Lipinski definition) is 0. The first kappa shape index (κ1) is 20.4. The van der Waals surface area contributed by atoms with Crippen LogP contribution in [0.4, 0.5) is 0 Å². The minimum Gasteiger partial charge on any atom is -0.497 e. The summed E-state index contributed by atoms with van der Waals surface area (Å²) in [4.78, 5) is 31.8. The number of likely N-dealkylation sites (tertiary alicyclic amines) is 1.